The summed E-state index contributed by atoms with van der Waals surface area (Å²) in [7, 11) is 0. The molecule has 0 spiro atoms. The molecule has 0 aromatic heterocycles. The van der Waals surface area contributed by atoms with E-state index in [9.17, 15) is 14.7 Å². The summed E-state index contributed by atoms with van der Waals surface area (Å²) in [6, 6.07) is 12.4. The molecular weight excluding hydrogens is 451 g/mol. The van der Waals surface area contributed by atoms with Crippen LogP contribution in [-0.2, 0) is 20.7 Å². The van der Waals surface area contributed by atoms with E-state index >= 15 is 0 Å². The van der Waals surface area contributed by atoms with Crippen molar-refractivity contribution >= 4 is 58.9 Å². The number of carbonyl (C=O) groups excluding carboxylic acids is 1. The van der Waals surface area contributed by atoms with Crippen molar-refractivity contribution in [3.8, 4) is 0 Å². The zero-order valence-electron chi connectivity index (χ0n) is 16.1. The lowest BCUT2D eigenvalue weighted by Crippen LogP contribution is -2.35. The Bertz CT molecular complexity index is 868. The van der Waals surface area contributed by atoms with Crippen LogP contribution >= 0.6 is 35.6 Å². The Kier molecular flexibility index (Phi) is 9.24. The van der Waals surface area contributed by atoms with Gasteiger partial charge < -0.3 is 20.5 Å². The average molecular weight is 474 g/mol. The van der Waals surface area contributed by atoms with Crippen molar-refractivity contribution in [3.63, 3.8) is 0 Å². The average Bonchev–Trinajstić information content (AvgIpc) is 3.18. The molecule has 0 bridgehead atoms. The van der Waals surface area contributed by atoms with E-state index in [0.29, 0.717) is 27.0 Å². The molecular formula is C21H23Cl3N2O4. The minimum atomic E-state index is -1.17. The van der Waals surface area contributed by atoms with Crippen LogP contribution in [0.15, 0.2) is 42.5 Å². The zero-order chi connectivity index (χ0) is 20.8. The van der Waals surface area contributed by atoms with E-state index in [2.05, 4.69) is 10.6 Å². The van der Waals surface area contributed by atoms with Gasteiger partial charge in [0.2, 0.25) is 0 Å². The van der Waals surface area contributed by atoms with Crippen molar-refractivity contribution < 1.29 is 19.4 Å². The number of carboxylic acids is 1. The summed E-state index contributed by atoms with van der Waals surface area (Å²) in [5.74, 6) is -1.74. The summed E-state index contributed by atoms with van der Waals surface area (Å²) in [5.41, 5.74) is 1.83. The van der Waals surface area contributed by atoms with Crippen LogP contribution in [0, 0.1) is 0 Å². The number of hydrogen-bond acceptors (Lipinski definition) is 5. The number of nitrogens with one attached hydrogen (secondary N) is 2. The van der Waals surface area contributed by atoms with Gasteiger partial charge in [-0.15, -0.1) is 12.4 Å². The van der Waals surface area contributed by atoms with Gasteiger partial charge in [-0.25, -0.2) is 4.79 Å². The Balaban J connectivity index is 0.00000320. The zero-order valence-corrected chi connectivity index (χ0v) is 18.4. The predicted molar refractivity (Wildman–Crippen MR) is 120 cm³/mol. The lowest BCUT2D eigenvalue weighted by molar-refractivity contribution is -0.164. The quantitative estimate of drug-likeness (QED) is 0.476. The molecule has 9 heteroatoms. The van der Waals surface area contributed by atoms with E-state index in [-0.39, 0.29) is 31.3 Å². The number of rotatable bonds is 8. The second-order valence-corrected chi connectivity index (χ2v) is 7.72. The van der Waals surface area contributed by atoms with E-state index in [4.69, 9.17) is 27.9 Å². The van der Waals surface area contributed by atoms with Crippen LogP contribution in [0.4, 0.5) is 11.4 Å². The van der Waals surface area contributed by atoms with Crippen LogP contribution in [0.5, 0.6) is 0 Å². The molecule has 2 unspecified atom stereocenters. The number of hydrogen-bond donors (Lipinski definition) is 3. The van der Waals surface area contributed by atoms with Crippen molar-refractivity contribution in [2.75, 3.05) is 11.9 Å². The Morgan fingerprint density at radius 3 is 2.50 bits per heavy atom. The standard InChI is InChI=1S/C21H22Cl2N2O4.ClH/c22-15-7-3-8-16(23)20(15)25-17-9-2-1-5-13(17)11-19(26)29-18(21(27)28)12-14-6-4-10-24-14;/h1-3,5,7-9,14,18,24-25H,4,6,10-12H2,(H,27,28);1H. The molecule has 1 aliphatic rings. The highest BCUT2D eigenvalue weighted by Gasteiger charge is 2.28. The van der Waals surface area contributed by atoms with Gasteiger partial charge in [0, 0.05) is 18.2 Å². The van der Waals surface area contributed by atoms with E-state index in [1.807, 2.05) is 6.07 Å². The second-order valence-electron chi connectivity index (χ2n) is 6.90. The molecule has 162 valence electrons. The first-order valence-corrected chi connectivity index (χ1v) is 10.1. The van der Waals surface area contributed by atoms with Crippen LogP contribution in [0.25, 0.3) is 0 Å². The maximum atomic E-state index is 12.5. The lowest BCUT2D eigenvalue weighted by Gasteiger charge is -2.18. The highest BCUT2D eigenvalue weighted by Crippen LogP contribution is 2.33. The number of para-hydroxylation sites is 2. The fraction of sp³-hybridized carbons (Fsp3) is 0.333. The summed E-state index contributed by atoms with van der Waals surface area (Å²) >= 11 is 12.4. The molecule has 1 fully saturated rings. The van der Waals surface area contributed by atoms with Gasteiger partial charge in [-0.3, -0.25) is 4.79 Å². The Hall–Kier alpha value is -1.99. The molecule has 1 saturated heterocycles. The van der Waals surface area contributed by atoms with Crippen molar-refractivity contribution in [3.05, 3.63) is 58.1 Å². The van der Waals surface area contributed by atoms with Crippen molar-refractivity contribution in [2.24, 2.45) is 0 Å². The number of ether oxygens (including phenoxy) is 1. The summed E-state index contributed by atoms with van der Waals surface area (Å²) in [5, 5.41) is 16.7. The maximum absolute atomic E-state index is 12.5. The van der Waals surface area contributed by atoms with Crippen LogP contribution < -0.4 is 10.6 Å². The van der Waals surface area contributed by atoms with Gasteiger partial charge in [0.05, 0.1) is 22.2 Å². The topological polar surface area (TPSA) is 87.7 Å². The molecule has 2 aromatic rings. The van der Waals surface area contributed by atoms with Gasteiger partial charge in [0.25, 0.3) is 0 Å². The summed E-state index contributed by atoms with van der Waals surface area (Å²) in [4.78, 5) is 24.0. The number of carboxylic acid groups (broad SMARTS) is 1. The molecule has 0 aliphatic carbocycles. The fourth-order valence-corrected chi connectivity index (χ4v) is 3.81. The number of halogens is 3. The Morgan fingerprint density at radius 1 is 1.17 bits per heavy atom. The SMILES string of the molecule is Cl.O=C(Cc1ccccc1Nc1c(Cl)cccc1Cl)OC(CC1CCCN1)C(=O)O. The maximum Gasteiger partial charge on any atom is 0.345 e. The lowest BCUT2D eigenvalue weighted by atomic mass is 10.1. The third-order valence-corrected chi connectivity index (χ3v) is 5.41. The number of benzene rings is 2. The smallest absolute Gasteiger partial charge is 0.345 e. The molecule has 30 heavy (non-hydrogen) atoms. The molecule has 0 saturated carbocycles. The minimum absolute atomic E-state index is 0. The highest BCUT2D eigenvalue weighted by atomic mass is 35.5. The van der Waals surface area contributed by atoms with Crippen LogP contribution in [0.2, 0.25) is 10.0 Å². The molecule has 2 aromatic carbocycles. The first-order valence-electron chi connectivity index (χ1n) is 9.38. The van der Waals surface area contributed by atoms with Gasteiger partial charge >= 0.3 is 11.9 Å². The first-order chi connectivity index (χ1) is 13.9. The van der Waals surface area contributed by atoms with Crippen molar-refractivity contribution in [1.82, 2.24) is 5.32 Å². The van der Waals surface area contributed by atoms with Gasteiger partial charge in [-0.05, 0) is 43.1 Å². The third-order valence-electron chi connectivity index (χ3n) is 4.78. The van der Waals surface area contributed by atoms with Gasteiger partial charge in [-0.2, -0.15) is 0 Å². The monoisotopic (exact) mass is 472 g/mol. The number of aliphatic carboxylic acids is 1. The molecule has 6 nitrogen and oxygen atoms in total. The van der Waals surface area contributed by atoms with Crippen LogP contribution in [0.1, 0.15) is 24.8 Å². The van der Waals surface area contributed by atoms with Crippen molar-refractivity contribution in [2.45, 2.75) is 37.8 Å². The van der Waals surface area contributed by atoms with E-state index in [0.717, 1.165) is 19.4 Å². The molecule has 3 rings (SSSR count). The molecule has 2 atom stereocenters. The Labute approximate surface area is 191 Å². The molecule has 0 radical (unpaired) electrons. The summed E-state index contributed by atoms with van der Waals surface area (Å²) in [6.07, 6.45) is 0.890. The molecule has 1 heterocycles. The van der Waals surface area contributed by atoms with E-state index in [1.54, 1.807) is 36.4 Å². The summed E-state index contributed by atoms with van der Waals surface area (Å²) in [6.45, 7) is 0.856. The highest BCUT2D eigenvalue weighted by molar-refractivity contribution is 6.39. The summed E-state index contributed by atoms with van der Waals surface area (Å²) < 4.78 is 5.27. The minimum Gasteiger partial charge on any atom is -0.479 e. The second kappa shape index (κ2) is 11.4. The molecule has 1 aliphatic heterocycles. The Morgan fingerprint density at radius 2 is 1.87 bits per heavy atom. The van der Waals surface area contributed by atoms with Gasteiger partial charge in [0.15, 0.2) is 6.10 Å². The fourth-order valence-electron chi connectivity index (χ4n) is 3.32. The van der Waals surface area contributed by atoms with Crippen LogP contribution in [-0.4, -0.2) is 35.7 Å². The van der Waals surface area contributed by atoms with Crippen molar-refractivity contribution in [1.29, 1.82) is 0 Å². The number of anilines is 2. The molecule has 0 amide bonds. The first kappa shape index (κ1) is 24.3. The third kappa shape index (κ3) is 6.51. The normalized spacial score (nSPS) is 16.4. The largest absolute Gasteiger partial charge is 0.479 e. The van der Waals surface area contributed by atoms with Gasteiger partial charge in [0.1, 0.15) is 0 Å². The molecule has 3 N–H and O–H groups in total. The van der Waals surface area contributed by atoms with E-state index < -0.39 is 18.0 Å². The van der Waals surface area contributed by atoms with Crippen LogP contribution in [0.3, 0.4) is 0 Å². The van der Waals surface area contributed by atoms with E-state index in [1.165, 1.54) is 0 Å². The predicted octanol–water partition coefficient (Wildman–Crippen LogP) is 4.84. The number of esters is 1. The number of carbonyl (C=O) groups is 2. The van der Waals surface area contributed by atoms with Gasteiger partial charge in [-0.1, -0.05) is 47.5 Å².